The maximum atomic E-state index is 12.3. The second kappa shape index (κ2) is 7.77. The number of aliphatic hydroxyl groups is 1. The van der Waals surface area contributed by atoms with Crippen LogP contribution >= 0.6 is 11.6 Å². The maximum absolute atomic E-state index is 12.3. The van der Waals surface area contributed by atoms with Crippen LogP contribution in [0.5, 0.6) is 0 Å². The molecule has 1 fully saturated rings. The summed E-state index contributed by atoms with van der Waals surface area (Å²) < 4.78 is 5.01. The lowest BCUT2D eigenvalue weighted by molar-refractivity contribution is -0.123. The number of carbonyl (C=O) groups is 1. The van der Waals surface area contributed by atoms with Crippen LogP contribution in [0, 0.1) is 5.92 Å². The Labute approximate surface area is 145 Å². The van der Waals surface area contributed by atoms with Gasteiger partial charge in [0.15, 0.2) is 5.15 Å². The highest BCUT2D eigenvalue weighted by Gasteiger charge is 2.34. The summed E-state index contributed by atoms with van der Waals surface area (Å²) in [5, 5.41) is 16.6. The van der Waals surface area contributed by atoms with Crippen LogP contribution in [0.4, 0.5) is 0 Å². The van der Waals surface area contributed by atoms with Gasteiger partial charge in [-0.25, -0.2) is 0 Å². The number of halogens is 1. The van der Waals surface area contributed by atoms with Gasteiger partial charge in [0.25, 0.3) is 0 Å². The van der Waals surface area contributed by atoms with E-state index in [-0.39, 0.29) is 18.1 Å². The lowest BCUT2D eigenvalue weighted by atomic mass is 9.75. The Morgan fingerprint density at radius 1 is 1.42 bits per heavy atom. The SMILES string of the molecule is O=C(CCc1cc(Cl)no1)N[C@H](Cc1ccncc1)C1CC(O)C1. The van der Waals surface area contributed by atoms with Crippen molar-refractivity contribution in [1.29, 1.82) is 0 Å². The van der Waals surface area contributed by atoms with Gasteiger partial charge < -0.3 is 14.9 Å². The Morgan fingerprint density at radius 3 is 2.79 bits per heavy atom. The van der Waals surface area contributed by atoms with Crippen LogP contribution in [0.3, 0.4) is 0 Å². The van der Waals surface area contributed by atoms with Crippen LogP contribution in [0.2, 0.25) is 5.15 Å². The van der Waals surface area contributed by atoms with E-state index >= 15 is 0 Å². The normalized spacial score (nSPS) is 21.1. The van der Waals surface area contributed by atoms with E-state index in [0.717, 1.165) is 24.8 Å². The van der Waals surface area contributed by atoms with Gasteiger partial charge in [-0.15, -0.1) is 0 Å². The number of pyridine rings is 1. The van der Waals surface area contributed by atoms with Gasteiger partial charge in [-0.05, 0) is 42.9 Å². The van der Waals surface area contributed by atoms with Crippen molar-refractivity contribution in [3.05, 3.63) is 47.1 Å². The number of nitrogens with one attached hydrogen (secondary N) is 1. The number of hydrogen-bond donors (Lipinski definition) is 2. The largest absolute Gasteiger partial charge is 0.393 e. The topological polar surface area (TPSA) is 88.3 Å². The summed E-state index contributed by atoms with van der Waals surface area (Å²) in [6.45, 7) is 0. The zero-order valence-electron chi connectivity index (χ0n) is 13.2. The third kappa shape index (κ3) is 4.55. The van der Waals surface area contributed by atoms with E-state index < -0.39 is 0 Å². The number of aliphatic hydroxyl groups excluding tert-OH is 1. The van der Waals surface area contributed by atoms with E-state index in [1.54, 1.807) is 18.5 Å². The molecule has 2 heterocycles. The minimum absolute atomic E-state index is 0.0154. The molecule has 1 aliphatic carbocycles. The number of carbonyl (C=O) groups excluding carboxylic acids is 1. The van der Waals surface area contributed by atoms with Crippen molar-refractivity contribution < 1.29 is 14.4 Å². The lowest BCUT2D eigenvalue weighted by Gasteiger charge is -2.38. The summed E-state index contributed by atoms with van der Waals surface area (Å²) in [5.41, 5.74) is 1.12. The van der Waals surface area contributed by atoms with Crippen molar-refractivity contribution in [1.82, 2.24) is 15.5 Å². The maximum Gasteiger partial charge on any atom is 0.220 e. The number of hydrogen-bond acceptors (Lipinski definition) is 5. The Hall–Kier alpha value is -1.92. The number of nitrogens with zero attached hydrogens (tertiary/aromatic N) is 2. The standard InChI is InChI=1S/C17H20ClN3O3/c18-16-10-14(24-21-16)1-2-17(23)20-15(12-8-13(22)9-12)7-11-3-5-19-6-4-11/h3-6,10,12-13,15,22H,1-2,7-9H2,(H,20,23)/t12?,13?,15-/m1/s1. The molecule has 0 radical (unpaired) electrons. The Balaban J connectivity index is 1.55. The molecule has 2 N–H and O–H groups in total. The molecule has 0 aliphatic heterocycles. The molecule has 7 heteroatoms. The number of rotatable bonds is 7. The summed E-state index contributed by atoms with van der Waals surface area (Å²) in [6.07, 6.45) is 6.22. The van der Waals surface area contributed by atoms with Gasteiger partial charge in [0, 0.05) is 37.3 Å². The predicted molar refractivity (Wildman–Crippen MR) is 88.4 cm³/mol. The first-order valence-electron chi connectivity index (χ1n) is 8.07. The first-order chi connectivity index (χ1) is 11.6. The predicted octanol–water partition coefficient (Wildman–Crippen LogP) is 2.15. The summed E-state index contributed by atoms with van der Waals surface area (Å²) in [7, 11) is 0. The molecule has 1 saturated carbocycles. The van der Waals surface area contributed by atoms with Crippen molar-refractivity contribution in [3.63, 3.8) is 0 Å². The molecule has 0 unspecified atom stereocenters. The fraction of sp³-hybridized carbons (Fsp3) is 0.471. The molecule has 0 aromatic carbocycles. The molecule has 1 atom stereocenters. The van der Waals surface area contributed by atoms with Crippen LogP contribution in [0.25, 0.3) is 0 Å². The number of aromatic nitrogens is 2. The van der Waals surface area contributed by atoms with Gasteiger partial charge in [0.2, 0.25) is 5.91 Å². The molecule has 128 valence electrons. The highest BCUT2D eigenvalue weighted by molar-refractivity contribution is 6.29. The van der Waals surface area contributed by atoms with Crippen molar-refractivity contribution >= 4 is 17.5 Å². The Bertz CT molecular complexity index is 671. The van der Waals surface area contributed by atoms with Gasteiger partial charge in [-0.3, -0.25) is 9.78 Å². The molecule has 0 saturated heterocycles. The summed E-state index contributed by atoms with van der Waals surface area (Å²) in [5.74, 6) is 0.861. The highest BCUT2D eigenvalue weighted by atomic mass is 35.5. The second-order valence-electron chi connectivity index (χ2n) is 6.23. The molecule has 6 nitrogen and oxygen atoms in total. The summed E-state index contributed by atoms with van der Waals surface area (Å²) in [4.78, 5) is 16.3. The average Bonchev–Trinajstić information content (AvgIpc) is 2.96. The van der Waals surface area contributed by atoms with Crippen molar-refractivity contribution in [2.24, 2.45) is 5.92 Å². The van der Waals surface area contributed by atoms with Crippen molar-refractivity contribution in [2.45, 2.75) is 44.2 Å². The third-order valence-corrected chi connectivity index (χ3v) is 4.58. The molecule has 1 amide bonds. The van der Waals surface area contributed by atoms with E-state index in [1.165, 1.54) is 0 Å². The molecule has 3 rings (SSSR count). The lowest BCUT2D eigenvalue weighted by Crippen LogP contribution is -2.48. The zero-order chi connectivity index (χ0) is 16.9. The van der Waals surface area contributed by atoms with Crippen LogP contribution in [0.1, 0.15) is 30.6 Å². The Kier molecular flexibility index (Phi) is 5.48. The number of aryl methyl sites for hydroxylation is 1. The third-order valence-electron chi connectivity index (χ3n) is 4.40. The van der Waals surface area contributed by atoms with Gasteiger partial charge in [-0.2, -0.15) is 0 Å². The smallest absolute Gasteiger partial charge is 0.220 e. The van der Waals surface area contributed by atoms with Gasteiger partial charge in [-0.1, -0.05) is 16.8 Å². The minimum atomic E-state index is -0.247. The molecular formula is C17H20ClN3O3. The monoisotopic (exact) mass is 349 g/mol. The van der Waals surface area contributed by atoms with E-state index in [9.17, 15) is 9.90 Å². The minimum Gasteiger partial charge on any atom is -0.393 e. The first kappa shape index (κ1) is 16.9. The fourth-order valence-corrected chi connectivity index (χ4v) is 3.14. The molecule has 24 heavy (non-hydrogen) atoms. The second-order valence-corrected chi connectivity index (χ2v) is 6.62. The van der Waals surface area contributed by atoms with Crippen LogP contribution in [-0.4, -0.2) is 33.3 Å². The van der Waals surface area contributed by atoms with E-state index in [1.807, 2.05) is 12.1 Å². The number of amides is 1. The van der Waals surface area contributed by atoms with Gasteiger partial charge in [0.1, 0.15) is 5.76 Å². The first-order valence-corrected chi connectivity index (χ1v) is 8.45. The molecule has 0 spiro atoms. The molecule has 0 bridgehead atoms. The molecule has 2 aromatic rings. The van der Waals surface area contributed by atoms with Crippen molar-refractivity contribution in [2.75, 3.05) is 0 Å². The van der Waals surface area contributed by atoms with Crippen LogP contribution in [-0.2, 0) is 17.6 Å². The summed E-state index contributed by atoms with van der Waals surface area (Å²) >= 11 is 5.70. The van der Waals surface area contributed by atoms with Crippen molar-refractivity contribution in [3.8, 4) is 0 Å². The van der Waals surface area contributed by atoms with Crippen LogP contribution in [0.15, 0.2) is 35.1 Å². The van der Waals surface area contributed by atoms with E-state index in [4.69, 9.17) is 16.1 Å². The highest BCUT2D eigenvalue weighted by Crippen LogP contribution is 2.31. The van der Waals surface area contributed by atoms with Gasteiger partial charge in [0.05, 0.1) is 6.10 Å². The van der Waals surface area contributed by atoms with E-state index in [0.29, 0.717) is 29.7 Å². The van der Waals surface area contributed by atoms with Gasteiger partial charge >= 0.3 is 0 Å². The molecule has 2 aromatic heterocycles. The van der Waals surface area contributed by atoms with Crippen LogP contribution < -0.4 is 5.32 Å². The molecule has 1 aliphatic rings. The molecular weight excluding hydrogens is 330 g/mol. The average molecular weight is 350 g/mol. The zero-order valence-corrected chi connectivity index (χ0v) is 13.9. The Morgan fingerprint density at radius 2 is 2.17 bits per heavy atom. The summed E-state index contributed by atoms with van der Waals surface area (Å²) in [6, 6.07) is 5.53. The quantitative estimate of drug-likeness (QED) is 0.799. The van der Waals surface area contributed by atoms with E-state index in [2.05, 4.69) is 15.5 Å². The fourth-order valence-electron chi connectivity index (χ4n) is 2.99.